The number of hydrogen-bond donors (Lipinski definition) is 1. The minimum Gasteiger partial charge on any atom is -0.378 e. The number of amides is 1. The lowest BCUT2D eigenvalue weighted by Gasteiger charge is -2.29. The van der Waals surface area contributed by atoms with Gasteiger partial charge in [-0.05, 0) is 29.8 Å². The molecule has 0 bridgehead atoms. The Bertz CT molecular complexity index is 1130. The van der Waals surface area contributed by atoms with Crippen molar-refractivity contribution >= 4 is 29.0 Å². The van der Waals surface area contributed by atoms with Crippen LogP contribution < -0.4 is 15.1 Å². The van der Waals surface area contributed by atoms with Gasteiger partial charge in [0.25, 0.3) is 0 Å². The molecule has 1 saturated heterocycles. The number of morpholine rings is 1. The van der Waals surface area contributed by atoms with Crippen LogP contribution in [0, 0.1) is 0 Å². The monoisotopic (exact) mass is 458 g/mol. The molecule has 3 aromatic rings. The maximum absolute atomic E-state index is 13.2. The number of benzene rings is 2. The third-order valence-electron chi connectivity index (χ3n) is 6.48. The quantitative estimate of drug-likeness (QED) is 0.630. The summed E-state index contributed by atoms with van der Waals surface area (Å²) in [7, 11) is 3.78. The summed E-state index contributed by atoms with van der Waals surface area (Å²) in [6, 6.07) is 18.1. The van der Waals surface area contributed by atoms with E-state index in [1.807, 2.05) is 55.5 Å². The highest BCUT2D eigenvalue weighted by Gasteiger charge is 2.33. The summed E-state index contributed by atoms with van der Waals surface area (Å²) < 4.78 is 5.44. The maximum atomic E-state index is 13.2. The molecule has 1 amide bonds. The SMILES string of the molecule is CN1Cc2cnc(Nc3ccc(N4CCOCC4)cc3)nc2N(C)C(Cc2ccccc2)C1=O. The molecule has 2 aliphatic rings. The van der Waals surface area contributed by atoms with Crippen LogP contribution in [0.25, 0.3) is 0 Å². The third kappa shape index (κ3) is 4.68. The normalized spacial score (nSPS) is 18.5. The number of aromatic nitrogens is 2. The number of carbonyl (C=O) groups excluding carboxylic acids is 1. The number of ether oxygens (including phenoxy) is 1. The van der Waals surface area contributed by atoms with Crippen molar-refractivity contribution in [3.63, 3.8) is 0 Å². The minimum absolute atomic E-state index is 0.0811. The molecular formula is C26H30N6O2. The Kier molecular flexibility index (Phi) is 6.31. The number of carbonyl (C=O) groups is 1. The highest BCUT2D eigenvalue weighted by molar-refractivity contribution is 5.86. The molecule has 1 fully saturated rings. The van der Waals surface area contributed by atoms with Gasteiger partial charge in [0, 0.05) is 56.7 Å². The van der Waals surface area contributed by atoms with Gasteiger partial charge in [-0.25, -0.2) is 4.98 Å². The van der Waals surface area contributed by atoms with Crippen LogP contribution in [0.1, 0.15) is 11.1 Å². The summed E-state index contributed by atoms with van der Waals surface area (Å²) in [6.45, 7) is 3.83. The van der Waals surface area contributed by atoms with Gasteiger partial charge in [0.1, 0.15) is 11.9 Å². The lowest BCUT2D eigenvalue weighted by Crippen LogP contribution is -2.45. The Balaban J connectivity index is 1.36. The standard InChI is InChI=1S/C26H30N6O2/c1-30-18-20-17-27-26(28-21-8-10-22(11-9-21)32-12-14-34-15-13-32)29-24(20)31(2)23(25(30)33)16-19-6-4-3-5-7-19/h3-11,17,23H,12-16,18H2,1-2H3,(H,27,28,29). The van der Waals surface area contributed by atoms with Crippen molar-refractivity contribution in [3.8, 4) is 0 Å². The van der Waals surface area contributed by atoms with E-state index in [1.54, 1.807) is 4.90 Å². The fraction of sp³-hybridized carbons (Fsp3) is 0.346. The number of fused-ring (bicyclic) bond motifs is 1. The summed E-state index contributed by atoms with van der Waals surface area (Å²) >= 11 is 0. The minimum atomic E-state index is -0.329. The number of hydrogen-bond acceptors (Lipinski definition) is 7. The Labute approximate surface area is 200 Å². The van der Waals surface area contributed by atoms with Crippen molar-refractivity contribution in [2.45, 2.75) is 19.0 Å². The van der Waals surface area contributed by atoms with E-state index in [2.05, 4.69) is 39.5 Å². The Morgan fingerprint density at radius 1 is 1.03 bits per heavy atom. The van der Waals surface area contributed by atoms with Crippen LogP contribution in [0.15, 0.2) is 60.8 Å². The highest BCUT2D eigenvalue weighted by atomic mass is 16.5. The molecular weight excluding hydrogens is 428 g/mol. The molecule has 8 nitrogen and oxygen atoms in total. The van der Waals surface area contributed by atoms with E-state index in [9.17, 15) is 4.79 Å². The van der Waals surface area contributed by atoms with Crippen molar-refractivity contribution in [1.29, 1.82) is 0 Å². The average Bonchev–Trinajstić information content (AvgIpc) is 2.96. The predicted molar refractivity (Wildman–Crippen MR) is 134 cm³/mol. The van der Waals surface area contributed by atoms with Gasteiger partial charge in [0.2, 0.25) is 11.9 Å². The van der Waals surface area contributed by atoms with Crippen LogP contribution >= 0.6 is 0 Å². The van der Waals surface area contributed by atoms with Crippen molar-refractivity contribution in [2.75, 3.05) is 55.5 Å². The molecule has 0 radical (unpaired) electrons. The maximum Gasteiger partial charge on any atom is 0.245 e. The second-order valence-electron chi connectivity index (χ2n) is 8.82. The summed E-state index contributed by atoms with van der Waals surface area (Å²) in [5.41, 5.74) is 4.16. The fourth-order valence-electron chi connectivity index (χ4n) is 4.54. The molecule has 1 unspecified atom stereocenters. The predicted octanol–water partition coefficient (Wildman–Crippen LogP) is 3.08. The van der Waals surface area contributed by atoms with E-state index >= 15 is 0 Å². The van der Waals surface area contributed by atoms with Gasteiger partial charge in [-0.3, -0.25) is 4.79 Å². The molecule has 0 saturated carbocycles. The number of rotatable bonds is 5. The summed E-state index contributed by atoms with van der Waals surface area (Å²) in [5, 5.41) is 3.32. The number of nitrogens with one attached hydrogen (secondary N) is 1. The van der Waals surface area contributed by atoms with Gasteiger partial charge in [0.15, 0.2) is 0 Å². The Morgan fingerprint density at radius 2 is 1.76 bits per heavy atom. The first-order valence-electron chi connectivity index (χ1n) is 11.7. The smallest absolute Gasteiger partial charge is 0.245 e. The Hall–Kier alpha value is -3.65. The lowest BCUT2D eigenvalue weighted by molar-refractivity contribution is -0.131. The van der Waals surface area contributed by atoms with Crippen LogP contribution in [0.5, 0.6) is 0 Å². The lowest BCUT2D eigenvalue weighted by atomic mass is 10.0. The van der Waals surface area contributed by atoms with Crippen LogP contribution in [0.4, 0.5) is 23.1 Å². The van der Waals surface area contributed by atoms with E-state index in [4.69, 9.17) is 9.72 Å². The molecule has 1 N–H and O–H groups in total. The molecule has 176 valence electrons. The topological polar surface area (TPSA) is 73.8 Å². The fourth-order valence-corrected chi connectivity index (χ4v) is 4.54. The van der Waals surface area contributed by atoms with Crippen molar-refractivity contribution in [3.05, 3.63) is 71.9 Å². The number of anilines is 4. The number of likely N-dealkylation sites (N-methyl/N-ethyl adjacent to an activating group) is 2. The molecule has 5 rings (SSSR count). The Morgan fingerprint density at radius 3 is 2.50 bits per heavy atom. The summed E-state index contributed by atoms with van der Waals surface area (Å²) in [5.74, 6) is 1.37. The van der Waals surface area contributed by atoms with Crippen LogP contribution in [0.2, 0.25) is 0 Å². The summed E-state index contributed by atoms with van der Waals surface area (Å²) in [6.07, 6.45) is 2.44. The first-order valence-corrected chi connectivity index (χ1v) is 11.7. The molecule has 0 aliphatic carbocycles. The molecule has 2 aromatic carbocycles. The van der Waals surface area contributed by atoms with Gasteiger partial charge >= 0.3 is 0 Å². The van der Waals surface area contributed by atoms with Gasteiger partial charge in [-0.2, -0.15) is 4.98 Å². The van der Waals surface area contributed by atoms with Crippen molar-refractivity contribution in [2.24, 2.45) is 0 Å². The van der Waals surface area contributed by atoms with E-state index in [-0.39, 0.29) is 11.9 Å². The van der Waals surface area contributed by atoms with E-state index < -0.39 is 0 Å². The van der Waals surface area contributed by atoms with Crippen LogP contribution in [0.3, 0.4) is 0 Å². The van der Waals surface area contributed by atoms with Crippen molar-refractivity contribution in [1.82, 2.24) is 14.9 Å². The third-order valence-corrected chi connectivity index (χ3v) is 6.48. The van der Waals surface area contributed by atoms with Crippen LogP contribution in [-0.4, -0.2) is 67.2 Å². The second-order valence-corrected chi connectivity index (χ2v) is 8.82. The molecule has 3 heterocycles. The molecule has 1 aromatic heterocycles. The zero-order valence-electron chi connectivity index (χ0n) is 19.6. The second kappa shape index (κ2) is 9.69. The molecule has 2 aliphatic heterocycles. The zero-order valence-corrected chi connectivity index (χ0v) is 19.6. The first kappa shape index (κ1) is 22.2. The zero-order chi connectivity index (χ0) is 23.5. The van der Waals surface area contributed by atoms with Gasteiger partial charge in [-0.1, -0.05) is 30.3 Å². The summed E-state index contributed by atoms with van der Waals surface area (Å²) in [4.78, 5) is 28.6. The van der Waals surface area contributed by atoms with Gasteiger partial charge in [0.05, 0.1) is 19.8 Å². The highest BCUT2D eigenvalue weighted by Crippen LogP contribution is 2.28. The number of nitrogens with zero attached hydrogens (tertiary/aromatic N) is 5. The molecule has 8 heteroatoms. The van der Waals surface area contributed by atoms with Crippen LogP contribution in [-0.2, 0) is 22.5 Å². The van der Waals surface area contributed by atoms with Crippen molar-refractivity contribution < 1.29 is 9.53 Å². The van der Waals surface area contributed by atoms with Gasteiger partial charge < -0.3 is 24.8 Å². The molecule has 34 heavy (non-hydrogen) atoms. The van der Waals surface area contributed by atoms with E-state index in [0.29, 0.717) is 18.9 Å². The molecule has 1 atom stereocenters. The van der Waals surface area contributed by atoms with E-state index in [1.165, 1.54) is 5.69 Å². The average molecular weight is 459 g/mol. The largest absolute Gasteiger partial charge is 0.378 e. The van der Waals surface area contributed by atoms with Gasteiger partial charge in [-0.15, -0.1) is 0 Å². The molecule has 0 spiro atoms. The van der Waals surface area contributed by atoms with E-state index in [0.717, 1.165) is 48.9 Å². The first-order chi connectivity index (χ1) is 16.6.